The molecule has 21 heavy (non-hydrogen) atoms. The zero-order chi connectivity index (χ0) is 14.7. The number of amides is 2. The summed E-state index contributed by atoms with van der Waals surface area (Å²) in [6.07, 6.45) is 3.23. The molecule has 1 atom stereocenters. The molecular formula is C15H20N4O2. The maximum Gasteiger partial charge on any atom is 0.273 e. The molecule has 0 aromatic carbocycles. The van der Waals surface area contributed by atoms with Gasteiger partial charge in [0.2, 0.25) is 5.91 Å². The van der Waals surface area contributed by atoms with Gasteiger partial charge in [-0.1, -0.05) is 6.07 Å². The van der Waals surface area contributed by atoms with Crippen LogP contribution in [0.3, 0.4) is 0 Å². The molecule has 2 aliphatic heterocycles. The lowest BCUT2D eigenvalue weighted by Crippen LogP contribution is -2.53. The van der Waals surface area contributed by atoms with E-state index in [2.05, 4.69) is 10.3 Å². The predicted molar refractivity (Wildman–Crippen MR) is 77.7 cm³/mol. The minimum atomic E-state index is -0.322. The summed E-state index contributed by atoms with van der Waals surface area (Å²) >= 11 is 0. The van der Waals surface area contributed by atoms with Gasteiger partial charge >= 0.3 is 0 Å². The Kier molecular flexibility index (Phi) is 4.15. The molecule has 0 aliphatic carbocycles. The van der Waals surface area contributed by atoms with Crippen molar-refractivity contribution in [3.8, 4) is 0 Å². The highest BCUT2D eigenvalue weighted by atomic mass is 16.2. The maximum absolute atomic E-state index is 12.6. The SMILES string of the molecule is O=C(C1CCCN1C(=O)c1ccccn1)N1CCNCC1. The third-order valence-corrected chi connectivity index (χ3v) is 4.11. The Morgan fingerprint density at radius 2 is 2.00 bits per heavy atom. The Morgan fingerprint density at radius 1 is 1.19 bits per heavy atom. The molecule has 3 rings (SSSR count). The molecule has 6 nitrogen and oxygen atoms in total. The molecule has 1 N–H and O–H groups in total. The highest BCUT2D eigenvalue weighted by Gasteiger charge is 2.37. The lowest BCUT2D eigenvalue weighted by Gasteiger charge is -2.32. The Hall–Kier alpha value is -1.95. The van der Waals surface area contributed by atoms with Gasteiger partial charge in [-0.25, -0.2) is 0 Å². The first-order valence-corrected chi connectivity index (χ1v) is 7.49. The molecule has 0 saturated carbocycles. The molecule has 2 aliphatic rings. The first-order valence-electron chi connectivity index (χ1n) is 7.49. The van der Waals surface area contributed by atoms with Gasteiger partial charge in [0.25, 0.3) is 5.91 Å². The van der Waals surface area contributed by atoms with E-state index in [1.165, 1.54) is 0 Å². The summed E-state index contributed by atoms with van der Waals surface area (Å²) in [5, 5.41) is 3.24. The predicted octanol–water partition coefficient (Wildman–Crippen LogP) is 0.118. The molecule has 2 fully saturated rings. The molecule has 1 unspecified atom stereocenters. The topological polar surface area (TPSA) is 65.5 Å². The van der Waals surface area contributed by atoms with Crippen LogP contribution < -0.4 is 5.32 Å². The molecule has 1 aromatic heterocycles. The van der Waals surface area contributed by atoms with Crippen LogP contribution in [-0.4, -0.2) is 65.4 Å². The zero-order valence-corrected chi connectivity index (χ0v) is 12.0. The zero-order valence-electron chi connectivity index (χ0n) is 12.0. The average molecular weight is 288 g/mol. The van der Waals surface area contributed by atoms with Gasteiger partial charge in [-0.2, -0.15) is 0 Å². The summed E-state index contributed by atoms with van der Waals surface area (Å²) < 4.78 is 0. The first kappa shape index (κ1) is 14.0. The fourth-order valence-corrected chi connectivity index (χ4v) is 3.00. The van der Waals surface area contributed by atoms with Gasteiger partial charge < -0.3 is 15.1 Å². The quantitative estimate of drug-likeness (QED) is 0.839. The Bertz CT molecular complexity index is 514. The van der Waals surface area contributed by atoms with Crippen molar-refractivity contribution in [2.24, 2.45) is 0 Å². The number of carbonyl (C=O) groups is 2. The maximum atomic E-state index is 12.6. The highest BCUT2D eigenvalue weighted by molar-refractivity contribution is 5.96. The van der Waals surface area contributed by atoms with Crippen molar-refractivity contribution in [3.05, 3.63) is 30.1 Å². The van der Waals surface area contributed by atoms with E-state index in [1.807, 2.05) is 4.90 Å². The smallest absolute Gasteiger partial charge is 0.273 e. The number of piperazine rings is 1. The molecule has 2 saturated heterocycles. The first-order chi connectivity index (χ1) is 10.3. The van der Waals surface area contributed by atoms with Gasteiger partial charge in [-0.15, -0.1) is 0 Å². The van der Waals surface area contributed by atoms with E-state index < -0.39 is 0 Å². The molecule has 0 bridgehead atoms. The van der Waals surface area contributed by atoms with Crippen LogP contribution in [-0.2, 0) is 4.79 Å². The van der Waals surface area contributed by atoms with E-state index in [-0.39, 0.29) is 17.9 Å². The summed E-state index contributed by atoms with van der Waals surface area (Å²) in [4.78, 5) is 32.8. The highest BCUT2D eigenvalue weighted by Crippen LogP contribution is 2.21. The number of nitrogens with zero attached hydrogens (tertiary/aromatic N) is 3. The van der Waals surface area contributed by atoms with Crippen LogP contribution in [0.25, 0.3) is 0 Å². The fourth-order valence-electron chi connectivity index (χ4n) is 3.00. The van der Waals surface area contributed by atoms with Crippen molar-refractivity contribution >= 4 is 11.8 Å². The number of pyridine rings is 1. The third-order valence-electron chi connectivity index (χ3n) is 4.11. The molecule has 1 aromatic rings. The lowest BCUT2D eigenvalue weighted by atomic mass is 10.1. The largest absolute Gasteiger partial charge is 0.338 e. The van der Waals surface area contributed by atoms with Crippen molar-refractivity contribution in [2.75, 3.05) is 32.7 Å². The van der Waals surface area contributed by atoms with Gasteiger partial charge in [-0.3, -0.25) is 14.6 Å². The summed E-state index contributed by atoms with van der Waals surface area (Å²) in [6.45, 7) is 3.74. The van der Waals surface area contributed by atoms with E-state index in [4.69, 9.17) is 0 Å². The van der Waals surface area contributed by atoms with Crippen molar-refractivity contribution < 1.29 is 9.59 Å². The van der Waals surface area contributed by atoms with Crippen molar-refractivity contribution in [1.29, 1.82) is 0 Å². The number of nitrogens with one attached hydrogen (secondary N) is 1. The number of rotatable bonds is 2. The Labute approximate surface area is 124 Å². The van der Waals surface area contributed by atoms with Crippen molar-refractivity contribution in [2.45, 2.75) is 18.9 Å². The van der Waals surface area contributed by atoms with Gasteiger partial charge in [0.05, 0.1) is 0 Å². The van der Waals surface area contributed by atoms with Crippen LogP contribution >= 0.6 is 0 Å². The lowest BCUT2D eigenvalue weighted by molar-refractivity contribution is -0.135. The van der Waals surface area contributed by atoms with Gasteiger partial charge in [0.1, 0.15) is 11.7 Å². The molecule has 6 heteroatoms. The second kappa shape index (κ2) is 6.22. The van der Waals surface area contributed by atoms with Gasteiger partial charge in [-0.05, 0) is 25.0 Å². The third kappa shape index (κ3) is 2.90. The van der Waals surface area contributed by atoms with E-state index in [1.54, 1.807) is 29.3 Å². The van der Waals surface area contributed by atoms with Crippen LogP contribution in [0, 0.1) is 0 Å². The minimum absolute atomic E-state index is 0.0817. The average Bonchev–Trinajstić information content (AvgIpc) is 3.04. The Balaban J connectivity index is 1.73. The fraction of sp³-hybridized carbons (Fsp3) is 0.533. The van der Waals surface area contributed by atoms with E-state index in [0.717, 1.165) is 39.0 Å². The summed E-state index contributed by atoms with van der Waals surface area (Å²) in [5.74, 6) is -0.0557. The van der Waals surface area contributed by atoms with Gasteiger partial charge in [0, 0.05) is 38.9 Å². The van der Waals surface area contributed by atoms with Crippen molar-refractivity contribution in [1.82, 2.24) is 20.1 Å². The normalized spacial score (nSPS) is 22.4. The van der Waals surface area contributed by atoms with Crippen LogP contribution in [0.1, 0.15) is 23.3 Å². The molecule has 3 heterocycles. The molecular weight excluding hydrogens is 268 g/mol. The standard InChI is InChI=1S/C15H20N4O2/c20-14(12-4-1-2-6-17-12)19-9-3-5-13(19)15(21)18-10-7-16-8-11-18/h1-2,4,6,13,16H,3,5,7-11H2. The van der Waals surface area contributed by atoms with Crippen LogP contribution in [0.2, 0.25) is 0 Å². The summed E-state index contributed by atoms with van der Waals surface area (Å²) in [5.41, 5.74) is 0.414. The van der Waals surface area contributed by atoms with E-state index >= 15 is 0 Å². The number of carbonyl (C=O) groups excluding carboxylic acids is 2. The molecule has 2 amide bonds. The summed E-state index contributed by atoms with van der Waals surface area (Å²) in [7, 11) is 0. The van der Waals surface area contributed by atoms with Crippen molar-refractivity contribution in [3.63, 3.8) is 0 Å². The number of hydrogen-bond donors (Lipinski definition) is 1. The molecule has 0 spiro atoms. The Morgan fingerprint density at radius 3 is 2.71 bits per heavy atom. The molecule has 0 radical (unpaired) electrons. The number of aromatic nitrogens is 1. The second-order valence-electron chi connectivity index (χ2n) is 5.45. The second-order valence-corrected chi connectivity index (χ2v) is 5.45. The van der Waals surface area contributed by atoms with Crippen LogP contribution in [0.4, 0.5) is 0 Å². The van der Waals surface area contributed by atoms with Crippen LogP contribution in [0.15, 0.2) is 24.4 Å². The van der Waals surface area contributed by atoms with E-state index in [9.17, 15) is 9.59 Å². The number of likely N-dealkylation sites (tertiary alicyclic amines) is 1. The minimum Gasteiger partial charge on any atom is -0.338 e. The van der Waals surface area contributed by atoms with Gasteiger partial charge in [0.15, 0.2) is 0 Å². The number of hydrogen-bond acceptors (Lipinski definition) is 4. The van der Waals surface area contributed by atoms with Crippen LogP contribution in [0.5, 0.6) is 0 Å². The van der Waals surface area contributed by atoms with E-state index in [0.29, 0.717) is 12.2 Å². The molecule has 112 valence electrons. The monoisotopic (exact) mass is 288 g/mol. The summed E-state index contributed by atoms with van der Waals surface area (Å²) in [6, 6.07) is 4.96.